The van der Waals surface area contributed by atoms with Crippen molar-refractivity contribution in [2.75, 3.05) is 11.1 Å². The molecule has 94 valence electrons. The summed E-state index contributed by atoms with van der Waals surface area (Å²) in [6, 6.07) is 7.16. The fourth-order valence-electron chi connectivity index (χ4n) is 1.57. The first kappa shape index (κ1) is 12.6. The van der Waals surface area contributed by atoms with Crippen LogP contribution in [0.25, 0.3) is 0 Å². The van der Waals surface area contributed by atoms with Gasteiger partial charge in [0.15, 0.2) is 5.82 Å². The van der Waals surface area contributed by atoms with Crippen LogP contribution < -0.4 is 11.1 Å². The van der Waals surface area contributed by atoms with Crippen molar-refractivity contribution in [1.82, 2.24) is 0 Å². The number of nitrogens with two attached hydrogens (primary N) is 1. The number of hydrogen-bond acceptors (Lipinski definition) is 2. The van der Waals surface area contributed by atoms with Gasteiger partial charge in [-0.1, -0.05) is 17.7 Å². The molecule has 0 aliphatic rings. The average Bonchev–Trinajstić information content (AvgIpc) is 2.30. The highest BCUT2D eigenvalue weighted by Crippen LogP contribution is 2.31. The maximum atomic E-state index is 13.3. The van der Waals surface area contributed by atoms with Crippen LogP contribution in [-0.4, -0.2) is 0 Å². The van der Waals surface area contributed by atoms with Crippen molar-refractivity contribution in [1.29, 1.82) is 0 Å². The van der Waals surface area contributed by atoms with Crippen molar-refractivity contribution in [3.63, 3.8) is 0 Å². The Bertz CT molecular complexity index is 600. The minimum Gasteiger partial charge on any atom is -0.395 e. The van der Waals surface area contributed by atoms with Crippen LogP contribution >= 0.6 is 11.6 Å². The third-order valence-corrected chi connectivity index (χ3v) is 2.82. The van der Waals surface area contributed by atoms with E-state index in [2.05, 4.69) is 5.32 Å². The molecule has 0 atom stereocenters. The second kappa shape index (κ2) is 4.82. The second-order valence-corrected chi connectivity index (χ2v) is 4.36. The summed E-state index contributed by atoms with van der Waals surface area (Å²) < 4.78 is 26.4. The van der Waals surface area contributed by atoms with Gasteiger partial charge in [0, 0.05) is 6.07 Å². The van der Waals surface area contributed by atoms with E-state index in [-0.39, 0.29) is 11.4 Å². The van der Waals surface area contributed by atoms with Crippen LogP contribution in [0.1, 0.15) is 5.56 Å². The van der Waals surface area contributed by atoms with Gasteiger partial charge in [0.1, 0.15) is 5.82 Å². The van der Waals surface area contributed by atoms with Crippen molar-refractivity contribution in [2.24, 2.45) is 0 Å². The van der Waals surface area contributed by atoms with Gasteiger partial charge in [0.05, 0.1) is 22.1 Å². The SMILES string of the molecule is Cc1ccc(Cl)c(Nc2cc(F)cc(F)c2N)c1. The fraction of sp³-hybridized carbons (Fsp3) is 0.0769. The molecular formula is C13H11ClF2N2. The molecule has 0 aliphatic heterocycles. The first-order valence-corrected chi connectivity index (χ1v) is 5.63. The molecule has 0 fully saturated rings. The highest BCUT2D eigenvalue weighted by molar-refractivity contribution is 6.33. The van der Waals surface area contributed by atoms with Gasteiger partial charge in [0.2, 0.25) is 0 Å². The molecule has 2 aromatic rings. The number of rotatable bonds is 2. The molecule has 18 heavy (non-hydrogen) atoms. The zero-order valence-electron chi connectivity index (χ0n) is 9.60. The number of hydrogen-bond donors (Lipinski definition) is 2. The quantitative estimate of drug-likeness (QED) is 0.799. The monoisotopic (exact) mass is 268 g/mol. The molecule has 0 amide bonds. The predicted molar refractivity (Wildman–Crippen MR) is 70.2 cm³/mol. The van der Waals surface area contributed by atoms with E-state index < -0.39 is 11.6 Å². The van der Waals surface area contributed by atoms with Gasteiger partial charge in [-0.3, -0.25) is 0 Å². The van der Waals surface area contributed by atoms with Gasteiger partial charge in [-0.15, -0.1) is 0 Å². The lowest BCUT2D eigenvalue weighted by Crippen LogP contribution is -2.00. The van der Waals surface area contributed by atoms with Crippen LogP contribution in [-0.2, 0) is 0 Å². The average molecular weight is 269 g/mol. The number of nitrogens with one attached hydrogen (secondary N) is 1. The van der Waals surface area contributed by atoms with Crippen molar-refractivity contribution < 1.29 is 8.78 Å². The van der Waals surface area contributed by atoms with Gasteiger partial charge in [-0.05, 0) is 30.7 Å². The summed E-state index contributed by atoms with van der Waals surface area (Å²) in [7, 11) is 0. The minimum absolute atomic E-state index is 0.144. The van der Waals surface area contributed by atoms with Gasteiger partial charge >= 0.3 is 0 Å². The van der Waals surface area contributed by atoms with Gasteiger partial charge in [0.25, 0.3) is 0 Å². The van der Waals surface area contributed by atoms with Crippen LogP contribution in [0, 0.1) is 18.6 Å². The Hall–Kier alpha value is -1.81. The first-order valence-electron chi connectivity index (χ1n) is 5.25. The third kappa shape index (κ3) is 2.54. The summed E-state index contributed by atoms with van der Waals surface area (Å²) in [6.45, 7) is 1.89. The van der Waals surface area contributed by atoms with Gasteiger partial charge < -0.3 is 11.1 Å². The topological polar surface area (TPSA) is 38.0 Å². The molecule has 0 bridgehead atoms. The van der Waals surface area contributed by atoms with E-state index in [1.165, 1.54) is 0 Å². The summed E-state index contributed by atoms with van der Waals surface area (Å²) in [5.74, 6) is -1.51. The van der Waals surface area contributed by atoms with Crippen LogP contribution in [0.4, 0.5) is 25.8 Å². The Morgan fingerprint density at radius 3 is 2.56 bits per heavy atom. The number of halogens is 3. The van der Waals surface area contributed by atoms with E-state index in [9.17, 15) is 8.78 Å². The maximum absolute atomic E-state index is 13.3. The summed E-state index contributed by atoms with van der Waals surface area (Å²) in [5, 5.41) is 3.27. The molecule has 0 aliphatic carbocycles. The Labute approximate surface area is 108 Å². The summed E-state index contributed by atoms with van der Waals surface area (Å²) in [6.07, 6.45) is 0. The van der Waals surface area contributed by atoms with Gasteiger partial charge in [-0.2, -0.15) is 0 Å². The molecule has 0 saturated heterocycles. The number of aryl methyl sites for hydroxylation is 1. The van der Waals surface area contributed by atoms with E-state index in [0.29, 0.717) is 10.7 Å². The molecule has 2 aromatic carbocycles. The zero-order valence-corrected chi connectivity index (χ0v) is 10.4. The molecule has 0 radical (unpaired) electrons. The van der Waals surface area contributed by atoms with Crippen LogP contribution in [0.5, 0.6) is 0 Å². The van der Waals surface area contributed by atoms with Crippen molar-refractivity contribution in [3.8, 4) is 0 Å². The largest absolute Gasteiger partial charge is 0.395 e. The Morgan fingerprint density at radius 2 is 1.83 bits per heavy atom. The molecule has 5 heteroatoms. The Morgan fingerprint density at radius 1 is 1.11 bits per heavy atom. The lowest BCUT2D eigenvalue weighted by molar-refractivity contribution is 0.587. The lowest BCUT2D eigenvalue weighted by atomic mass is 10.2. The number of nitrogen functional groups attached to an aromatic ring is 1. The predicted octanol–water partition coefficient (Wildman–Crippen LogP) is 4.25. The maximum Gasteiger partial charge on any atom is 0.151 e. The van der Waals surface area contributed by atoms with E-state index in [4.69, 9.17) is 17.3 Å². The Kier molecular flexibility index (Phi) is 3.39. The van der Waals surface area contributed by atoms with Crippen LogP contribution in [0.15, 0.2) is 30.3 Å². The van der Waals surface area contributed by atoms with Crippen molar-refractivity contribution >= 4 is 28.7 Å². The third-order valence-electron chi connectivity index (χ3n) is 2.49. The molecule has 0 spiro atoms. The molecule has 0 unspecified atom stereocenters. The fourth-order valence-corrected chi connectivity index (χ4v) is 1.73. The highest BCUT2D eigenvalue weighted by atomic mass is 35.5. The van der Waals surface area contributed by atoms with Crippen LogP contribution in [0.2, 0.25) is 5.02 Å². The normalized spacial score (nSPS) is 10.4. The molecule has 2 rings (SSSR count). The summed E-state index contributed by atoms with van der Waals surface area (Å²) >= 11 is 5.99. The molecule has 0 aromatic heterocycles. The van der Waals surface area contributed by atoms with E-state index in [1.54, 1.807) is 12.1 Å². The molecule has 0 heterocycles. The Balaban J connectivity index is 2.43. The van der Waals surface area contributed by atoms with Crippen LogP contribution in [0.3, 0.4) is 0 Å². The zero-order chi connectivity index (χ0) is 13.3. The standard InChI is InChI=1S/C13H11ClF2N2/c1-7-2-3-9(14)11(4-7)18-12-6-8(15)5-10(16)13(12)17/h2-6,18H,17H2,1H3. The number of anilines is 3. The minimum atomic E-state index is -0.804. The molecule has 0 saturated carbocycles. The first-order chi connectivity index (χ1) is 8.47. The molecule has 2 nitrogen and oxygen atoms in total. The second-order valence-electron chi connectivity index (χ2n) is 3.96. The van der Waals surface area contributed by atoms with E-state index in [1.807, 2.05) is 13.0 Å². The van der Waals surface area contributed by atoms with Crippen molar-refractivity contribution in [2.45, 2.75) is 6.92 Å². The van der Waals surface area contributed by atoms with E-state index in [0.717, 1.165) is 17.7 Å². The molecule has 3 N–H and O–H groups in total. The van der Waals surface area contributed by atoms with E-state index >= 15 is 0 Å². The summed E-state index contributed by atoms with van der Waals surface area (Å²) in [4.78, 5) is 0. The summed E-state index contributed by atoms with van der Waals surface area (Å²) in [5.41, 5.74) is 7.07. The van der Waals surface area contributed by atoms with Crippen molar-refractivity contribution in [3.05, 3.63) is 52.6 Å². The van der Waals surface area contributed by atoms with Gasteiger partial charge in [-0.25, -0.2) is 8.78 Å². The smallest absolute Gasteiger partial charge is 0.151 e. The highest BCUT2D eigenvalue weighted by Gasteiger charge is 2.10. The lowest BCUT2D eigenvalue weighted by Gasteiger charge is -2.12. The molecular weight excluding hydrogens is 258 g/mol. The number of benzene rings is 2.